The van der Waals surface area contributed by atoms with E-state index in [-0.39, 0.29) is 23.9 Å². The van der Waals surface area contributed by atoms with Gasteiger partial charge in [-0.1, -0.05) is 26.0 Å². The first kappa shape index (κ1) is 18.7. The lowest BCUT2D eigenvalue weighted by atomic mass is 9.94. The van der Waals surface area contributed by atoms with Gasteiger partial charge in [0.2, 0.25) is 0 Å². The average Bonchev–Trinajstić information content (AvgIpc) is 2.39. The third-order valence-corrected chi connectivity index (χ3v) is 4.88. The van der Waals surface area contributed by atoms with Crippen molar-refractivity contribution >= 4 is 40.9 Å². The molecular weight excluding hydrogens is 375 g/mol. The number of carbonyl (C=O) groups is 1. The summed E-state index contributed by atoms with van der Waals surface area (Å²) in [5.74, 6) is -0.0418. The number of halogens is 2. The maximum absolute atomic E-state index is 12.1. The van der Waals surface area contributed by atoms with Gasteiger partial charge in [0.25, 0.3) is 5.91 Å². The third-order valence-electron chi connectivity index (χ3n) is 3.45. The number of benzene rings is 1. The summed E-state index contributed by atoms with van der Waals surface area (Å²) in [7, 11) is 0. The molecule has 0 heterocycles. The lowest BCUT2D eigenvalue weighted by molar-refractivity contribution is 0.0941. The van der Waals surface area contributed by atoms with E-state index in [0.29, 0.717) is 6.54 Å². The molecule has 0 radical (unpaired) electrons. The topological polar surface area (TPSA) is 55.1 Å². The van der Waals surface area contributed by atoms with Crippen LogP contribution in [0.5, 0.6) is 0 Å². The predicted octanol–water partition coefficient (Wildman–Crippen LogP) is 3.27. The minimum atomic E-state index is -0.301. The van der Waals surface area contributed by atoms with Crippen molar-refractivity contribution in [3.63, 3.8) is 0 Å². The van der Waals surface area contributed by atoms with Crippen molar-refractivity contribution in [2.24, 2.45) is 5.73 Å². The fourth-order valence-electron chi connectivity index (χ4n) is 1.67. The zero-order valence-corrected chi connectivity index (χ0v) is 14.6. The quantitative estimate of drug-likeness (QED) is 0.751. The van der Waals surface area contributed by atoms with Gasteiger partial charge < -0.3 is 11.1 Å². The van der Waals surface area contributed by atoms with Crippen LogP contribution in [0.25, 0.3) is 0 Å². The molecule has 5 heteroatoms. The molecular formula is C14H22ClIN2O. The van der Waals surface area contributed by atoms with Crippen molar-refractivity contribution in [3.8, 4) is 0 Å². The van der Waals surface area contributed by atoms with E-state index < -0.39 is 0 Å². The molecule has 1 amide bonds. The van der Waals surface area contributed by atoms with Crippen LogP contribution in [-0.4, -0.2) is 18.0 Å². The van der Waals surface area contributed by atoms with Gasteiger partial charge in [-0.25, -0.2) is 0 Å². The van der Waals surface area contributed by atoms with Crippen LogP contribution in [-0.2, 0) is 0 Å². The fourth-order valence-corrected chi connectivity index (χ4v) is 2.28. The van der Waals surface area contributed by atoms with E-state index >= 15 is 0 Å². The maximum Gasteiger partial charge on any atom is 0.252 e. The summed E-state index contributed by atoms with van der Waals surface area (Å²) in [6.45, 7) is 6.62. The van der Waals surface area contributed by atoms with E-state index in [2.05, 4.69) is 27.9 Å². The van der Waals surface area contributed by atoms with Crippen molar-refractivity contribution in [2.45, 2.75) is 39.2 Å². The molecule has 0 spiro atoms. The second-order valence-corrected chi connectivity index (χ2v) is 5.77. The molecule has 0 saturated carbocycles. The van der Waals surface area contributed by atoms with Crippen LogP contribution in [0.4, 0.5) is 0 Å². The zero-order chi connectivity index (χ0) is 13.8. The Kier molecular flexibility index (Phi) is 7.93. The monoisotopic (exact) mass is 396 g/mol. The Morgan fingerprint density at radius 2 is 1.95 bits per heavy atom. The number of amides is 1. The van der Waals surface area contributed by atoms with Gasteiger partial charge in [-0.3, -0.25) is 4.79 Å². The highest BCUT2D eigenvalue weighted by molar-refractivity contribution is 14.1. The average molecular weight is 397 g/mol. The standard InChI is InChI=1S/C14H21IN2O.ClH/c1-4-14(16,5-2)9-17-13(18)11-8-6-7-10(3)12(11)15;/h6-8H,4-5,9,16H2,1-3H3,(H,17,18);1H. The third kappa shape index (κ3) is 4.93. The number of hydrogen-bond acceptors (Lipinski definition) is 2. The van der Waals surface area contributed by atoms with E-state index in [1.54, 1.807) is 0 Å². The molecule has 19 heavy (non-hydrogen) atoms. The second-order valence-electron chi connectivity index (χ2n) is 4.69. The molecule has 0 fully saturated rings. The van der Waals surface area contributed by atoms with Crippen molar-refractivity contribution in [1.29, 1.82) is 0 Å². The van der Waals surface area contributed by atoms with Crippen LogP contribution in [0.3, 0.4) is 0 Å². The molecule has 1 aromatic carbocycles. The number of nitrogens with two attached hydrogens (primary N) is 1. The smallest absolute Gasteiger partial charge is 0.252 e. The van der Waals surface area contributed by atoms with Crippen molar-refractivity contribution < 1.29 is 4.79 Å². The molecule has 0 aliphatic heterocycles. The van der Waals surface area contributed by atoms with Crippen LogP contribution in [0.15, 0.2) is 18.2 Å². The number of carbonyl (C=O) groups excluding carboxylic acids is 1. The minimum absolute atomic E-state index is 0. The highest BCUT2D eigenvalue weighted by atomic mass is 127. The Morgan fingerprint density at radius 3 is 2.47 bits per heavy atom. The maximum atomic E-state index is 12.1. The predicted molar refractivity (Wildman–Crippen MR) is 91.0 cm³/mol. The Balaban J connectivity index is 0.00000324. The lowest BCUT2D eigenvalue weighted by Gasteiger charge is -2.26. The summed E-state index contributed by atoms with van der Waals surface area (Å²) >= 11 is 2.21. The lowest BCUT2D eigenvalue weighted by Crippen LogP contribution is -2.49. The van der Waals surface area contributed by atoms with Crippen LogP contribution in [0, 0.1) is 10.5 Å². The van der Waals surface area contributed by atoms with Crippen LogP contribution in [0.1, 0.15) is 42.6 Å². The van der Waals surface area contributed by atoms with Gasteiger partial charge in [0.15, 0.2) is 0 Å². The van der Waals surface area contributed by atoms with Gasteiger partial charge in [-0.2, -0.15) is 0 Å². The van der Waals surface area contributed by atoms with E-state index in [9.17, 15) is 4.79 Å². The number of aryl methyl sites for hydroxylation is 1. The van der Waals surface area contributed by atoms with Gasteiger partial charge in [0.1, 0.15) is 0 Å². The summed E-state index contributed by atoms with van der Waals surface area (Å²) in [5.41, 5.74) is 7.72. The van der Waals surface area contributed by atoms with E-state index in [0.717, 1.165) is 27.5 Å². The summed E-state index contributed by atoms with van der Waals surface area (Å²) in [4.78, 5) is 12.1. The minimum Gasteiger partial charge on any atom is -0.350 e. The fraction of sp³-hybridized carbons (Fsp3) is 0.500. The molecule has 0 aliphatic rings. The highest BCUT2D eigenvalue weighted by Gasteiger charge is 2.21. The molecule has 108 valence electrons. The summed E-state index contributed by atoms with van der Waals surface area (Å²) in [5, 5.41) is 2.94. The first-order valence-electron chi connectivity index (χ1n) is 6.25. The summed E-state index contributed by atoms with van der Waals surface area (Å²) < 4.78 is 1.00. The number of nitrogens with one attached hydrogen (secondary N) is 1. The number of rotatable bonds is 5. The van der Waals surface area contributed by atoms with Gasteiger partial charge in [0, 0.05) is 15.7 Å². The Bertz CT molecular complexity index is 433. The Morgan fingerprint density at radius 1 is 1.37 bits per heavy atom. The normalized spacial score (nSPS) is 10.8. The molecule has 0 unspecified atom stereocenters. The molecule has 1 rings (SSSR count). The SMILES string of the molecule is CCC(N)(CC)CNC(=O)c1cccc(C)c1I.Cl. The largest absolute Gasteiger partial charge is 0.350 e. The molecule has 0 atom stereocenters. The zero-order valence-electron chi connectivity index (χ0n) is 11.6. The first-order chi connectivity index (χ1) is 8.43. The first-order valence-corrected chi connectivity index (χ1v) is 7.33. The van der Waals surface area contributed by atoms with E-state index in [1.165, 1.54) is 0 Å². The number of hydrogen-bond donors (Lipinski definition) is 2. The highest BCUT2D eigenvalue weighted by Crippen LogP contribution is 2.17. The van der Waals surface area contributed by atoms with Crippen molar-refractivity contribution in [2.75, 3.05) is 6.54 Å². The Labute approximate surface area is 135 Å². The summed E-state index contributed by atoms with van der Waals surface area (Å²) in [6.07, 6.45) is 1.71. The molecule has 0 saturated heterocycles. The molecule has 0 bridgehead atoms. The molecule has 1 aromatic rings. The Hall–Kier alpha value is -0.330. The molecule has 3 nitrogen and oxygen atoms in total. The van der Waals surface area contributed by atoms with E-state index in [4.69, 9.17) is 5.73 Å². The van der Waals surface area contributed by atoms with E-state index in [1.807, 2.05) is 39.0 Å². The molecule has 0 aromatic heterocycles. The summed E-state index contributed by atoms with van der Waals surface area (Å²) in [6, 6.07) is 5.76. The second kappa shape index (κ2) is 8.07. The van der Waals surface area contributed by atoms with Crippen molar-refractivity contribution in [1.82, 2.24) is 5.32 Å². The van der Waals surface area contributed by atoms with Crippen molar-refractivity contribution in [3.05, 3.63) is 32.9 Å². The van der Waals surface area contributed by atoms with Crippen LogP contribution >= 0.6 is 35.0 Å². The molecule has 0 aliphatic carbocycles. The van der Waals surface area contributed by atoms with Gasteiger partial charge in [0.05, 0.1) is 5.56 Å². The van der Waals surface area contributed by atoms with Crippen LogP contribution in [0.2, 0.25) is 0 Å². The molecule has 3 N–H and O–H groups in total. The van der Waals surface area contributed by atoms with Crippen LogP contribution < -0.4 is 11.1 Å². The van der Waals surface area contributed by atoms with Gasteiger partial charge in [-0.05, 0) is 54.0 Å². The van der Waals surface area contributed by atoms with Gasteiger partial charge in [-0.15, -0.1) is 12.4 Å². The van der Waals surface area contributed by atoms with Gasteiger partial charge >= 0.3 is 0 Å².